The van der Waals surface area contributed by atoms with E-state index >= 15 is 0 Å². The van der Waals surface area contributed by atoms with Gasteiger partial charge >= 0.3 is 0 Å². The molecule has 0 aliphatic rings. The van der Waals surface area contributed by atoms with E-state index in [1.807, 2.05) is 13.0 Å². The average Bonchev–Trinajstić information content (AvgIpc) is 2.44. The minimum absolute atomic E-state index is 0.0139. The third kappa shape index (κ3) is 4.13. The molecule has 0 saturated carbocycles. The van der Waals surface area contributed by atoms with Crippen LogP contribution < -0.4 is 5.32 Å². The van der Waals surface area contributed by atoms with Gasteiger partial charge in [-0.25, -0.2) is 0 Å². The van der Waals surface area contributed by atoms with E-state index in [0.29, 0.717) is 11.1 Å². The minimum atomic E-state index is -0.455. The fourth-order valence-electron chi connectivity index (χ4n) is 1.93. The van der Waals surface area contributed by atoms with Crippen molar-refractivity contribution in [1.82, 2.24) is 5.32 Å². The van der Waals surface area contributed by atoms with Crippen LogP contribution in [-0.2, 0) is 6.54 Å². The summed E-state index contributed by atoms with van der Waals surface area (Å²) in [7, 11) is 0. The molecule has 0 aliphatic carbocycles. The zero-order chi connectivity index (χ0) is 15.4. The molecule has 0 radical (unpaired) electrons. The van der Waals surface area contributed by atoms with Crippen LogP contribution in [0.1, 0.15) is 21.5 Å². The van der Waals surface area contributed by atoms with Crippen molar-refractivity contribution in [2.24, 2.45) is 0 Å². The van der Waals surface area contributed by atoms with Gasteiger partial charge in [0.1, 0.15) is 0 Å². The van der Waals surface area contributed by atoms with Gasteiger partial charge in [0.2, 0.25) is 0 Å². The molecule has 0 aliphatic heterocycles. The van der Waals surface area contributed by atoms with Crippen LogP contribution >= 0.6 is 15.9 Å². The number of hydrogen-bond donors (Lipinski definition) is 1. The lowest BCUT2D eigenvalue weighted by atomic mass is 10.1. The van der Waals surface area contributed by atoms with E-state index < -0.39 is 4.92 Å². The summed E-state index contributed by atoms with van der Waals surface area (Å²) in [5.41, 5.74) is 2.22. The predicted molar refractivity (Wildman–Crippen MR) is 83.1 cm³/mol. The first-order valence-electron chi connectivity index (χ1n) is 6.24. The summed E-state index contributed by atoms with van der Waals surface area (Å²) >= 11 is 3.35. The van der Waals surface area contributed by atoms with Crippen LogP contribution in [0.15, 0.2) is 46.9 Å². The van der Waals surface area contributed by atoms with Crippen LogP contribution in [0.25, 0.3) is 0 Å². The second-order valence-electron chi connectivity index (χ2n) is 4.63. The Morgan fingerprint density at radius 2 is 2.05 bits per heavy atom. The molecule has 108 valence electrons. The number of nitro groups is 1. The average molecular weight is 349 g/mol. The maximum Gasteiger partial charge on any atom is 0.269 e. The van der Waals surface area contributed by atoms with Gasteiger partial charge in [-0.2, -0.15) is 0 Å². The van der Waals surface area contributed by atoms with Crippen molar-refractivity contribution in [2.45, 2.75) is 13.5 Å². The Morgan fingerprint density at radius 1 is 1.29 bits per heavy atom. The summed E-state index contributed by atoms with van der Waals surface area (Å²) in [6.07, 6.45) is 0. The highest BCUT2D eigenvalue weighted by Gasteiger charge is 2.09. The molecule has 2 aromatic rings. The third-order valence-corrected chi connectivity index (χ3v) is 3.34. The number of nitrogens with zero attached hydrogens (tertiary/aromatic N) is 1. The molecule has 21 heavy (non-hydrogen) atoms. The quantitative estimate of drug-likeness (QED) is 0.677. The van der Waals surface area contributed by atoms with E-state index in [1.165, 1.54) is 12.1 Å². The van der Waals surface area contributed by atoms with Crippen molar-refractivity contribution in [3.8, 4) is 0 Å². The number of carbonyl (C=O) groups excluding carboxylic acids is 1. The Bertz CT molecular complexity index is 681. The molecule has 1 amide bonds. The molecular weight excluding hydrogens is 336 g/mol. The summed E-state index contributed by atoms with van der Waals surface area (Å²) in [6, 6.07) is 11.6. The SMILES string of the molecule is Cc1cc(Br)cc(C(=O)NCc2cccc([N+](=O)[O-])c2)c1. The predicted octanol–water partition coefficient (Wildman–Crippen LogP) is 3.60. The topological polar surface area (TPSA) is 72.2 Å². The molecule has 0 fully saturated rings. The fraction of sp³-hybridized carbons (Fsp3) is 0.133. The van der Waals surface area contributed by atoms with Gasteiger partial charge in [-0.3, -0.25) is 14.9 Å². The number of nitrogens with one attached hydrogen (secondary N) is 1. The van der Waals surface area contributed by atoms with Gasteiger partial charge in [0.25, 0.3) is 11.6 Å². The van der Waals surface area contributed by atoms with Crippen molar-refractivity contribution in [3.05, 3.63) is 73.7 Å². The lowest BCUT2D eigenvalue weighted by molar-refractivity contribution is -0.384. The van der Waals surface area contributed by atoms with Gasteiger partial charge in [-0.1, -0.05) is 28.1 Å². The Labute approximate surface area is 130 Å². The van der Waals surface area contributed by atoms with Crippen molar-refractivity contribution in [1.29, 1.82) is 0 Å². The van der Waals surface area contributed by atoms with E-state index in [4.69, 9.17) is 0 Å². The number of nitro benzene ring substituents is 1. The molecule has 5 nitrogen and oxygen atoms in total. The Morgan fingerprint density at radius 3 is 2.71 bits per heavy atom. The molecule has 2 rings (SSSR count). The maximum absolute atomic E-state index is 12.1. The molecule has 0 saturated heterocycles. The molecular formula is C15H13BrN2O3. The number of rotatable bonds is 4. The zero-order valence-electron chi connectivity index (χ0n) is 11.3. The summed E-state index contributed by atoms with van der Waals surface area (Å²) < 4.78 is 0.836. The second kappa shape index (κ2) is 6.49. The second-order valence-corrected chi connectivity index (χ2v) is 5.54. The van der Waals surface area contributed by atoms with Crippen LogP contribution in [-0.4, -0.2) is 10.8 Å². The largest absolute Gasteiger partial charge is 0.348 e. The van der Waals surface area contributed by atoms with E-state index in [9.17, 15) is 14.9 Å². The summed E-state index contributed by atoms with van der Waals surface area (Å²) in [5.74, 6) is -0.217. The Hall–Kier alpha value is -2.21. The first kappa shape index (κ1) is 15.2. The molecule has 2 aromatic carbocycles. The highest BCUT2D eigenvalue weighted by atomic mass is 79.9. The highest BCUT2D eigenvalue weighted by Crippen LogP contribution is 2.16. The maximum atomic E-state index is 12.1. The fourth-order valence-corrected chi connectivity index (χ4v) is 2.54. The van der Waals surface area contributed by atoms with Crippen LogP contribution in [0.5, 0.6) is 0 Å². The lowest BCUT2D eigenvalue weighted by Crippen LogP contribution is -2.22. The van der Waals surface area contributed by atoms with Crippen LogP contribution in [0.3, 0.4) is 0 Å². The van der Waals surface area contributed by atoms with Crippen LogP contribution in [0, 0.1) is 17.0 Å². The van der Waals surface area contributed by atoms with Gasteiger partial charge in [0.15, 0.2) is 0 Å². The van der Waals surface area contributed by atoms with Crippen molar-refractivity contribution < 1.29 is 9.72 Å². The normalized spacial score (nSPS) is 10.2. The summed E-state index contributed by atoms with van der Waals surface area (Å²) in [5, 5.41) is 13.5. The molecule has 0 spiro atoms. The Kier molecular flexibility index (Phi) is 4.70. The van der Waals surface area contributed by atoms with Gasteiger partial charge in [-0.05, 0) is 36.2 Å². The standard InChI is InChI=1S/C15H13BrN2O3/c1-10-5-12(8-13(16)6-10)15(19)17-9-11-3-2-4-14(7-11)18(20)21/h2-8H,9H2,1H3,(H,17,19). The number of halogens is 1. The third-order valence-electron chi connectivity index (χ3n) is 2.88. The van der Waals surface area contributed by atoms with Crippen LogP contribution in [0.4, 0.5) is 5.69 Å². The summed E-state index contributed by atoms with van der Waals surface area (Å²) in [6.45, 7) is 2.15. The number of aryl methyl sites for hydroxylation is 1. The van der Waals surface area contributed by atoms with Crippen molar-refractivity contribution in [3.63, 3.8) is 0 Å². The van der Waals surface area contributed by atoms with Gasteiger partial charge in [-0.15, -0.1) is 0 Å². The molecule has 0 aromatic heterocycles. The molecule has 0 heterocycles. The number of amides is 1. The number of non-ortho nitro benzene ring substituents is 1. The van der Waals surface area contributed by atoms with E-state index in [0.717, 1.165) is 10.0 Å². The van der Waals surface area contributed by atoms with E-state index in [1.54, 1.807) is 24.3 Å². The van der Waals surface area contributed by atoms with Gasteiger partial charge in [0.05, 0.1) is 4.92 Å². The molecule has 0 atom stereocenters. The Balaban J connectivity index is 2.07. The van der Waals surface area contributed by atoms with E-state index in [2.05, 4.69) is 21.2 Å². The van der Waals surface area contributed by atoms with Crippen molar-refractivity contribution >= 4 is 27.5 Å². The first-order valence-corrected chi connectivity index (χ1v) is 7.04. The molecule has 0 unspecified atom stereocenters. The lowest BCUT2D eigenvalue weighted by Gasteiger charge is -2.07. The van der Waals surface area contributed by atoms with Gasteiger partial charge < -0.3 is 5.32 Å². The number of benzene rings is 2. The molecule has 1 N–H and O–H groups in total. The molecule has 6 heteroatoms. The van der Waals surface area contributed by atoms with Crippen molar-refractivity contribution in [2.75, 3.05) is 0 Å². The first-order chi connectivity index (χ1) is 9.95. The van der Waals surface area contributed by atoms with Gasteiger partial charge in [0, 0.05) is 28.7 Å². The van der Waals surface area contributed by atoms with E-state index in [-0.39, 0.29) is 18.1 Å². The monoisotopic (exact) mass is 348 g/mol. The van der Waals surface area contributed by atoms with Crippen LogP contribution in [0.2, 0.25) is 0 Å². The zero-order valence-corrected chi connectivity index (χ0v) is 12.9. The number of carbonyl (C=O) groups is 1. The highest BCUT2D eigenvalue weighted by molar-refractivity contribution is 9.10. The smallest absolute Gasteiger partial charge is 0.269 e. The minimum Gasteiger partial charge on any atom is -0.348 e. The number of hydrogen-bond acceptors (Lipinski definition) is 3. The molecule has 0 bridgehead atoms. The summed E-state index contributed by atoms with van der Waals surface area (Å²) in [4.78, 5) is 22.3.